The van der Waals surface area contributed by atoms with Crippen molar-refractivity contribution < 1.29 is 9.53 Å². The van der Waals surface area contributed by atoms with Crippen LogP contribution in [0.2, 0.25) is 0 Å². The van der Waals surface area contributed by atoms with Gasteiger partial charge >= 0.3 is 0 Å². The molecular formula is C17H19NO2S2. The number of anilines is 1. The fourth-order valence-corrected chi connectivity index (χ4v) is 3.13. The van der Waals surface area contributed by atoms with Crippen LogP contribution in [0.15, 0.2) is 53.4 Å². The molecule has 0 aliphatic heterocycles. The number of amides is 1. The molecule has 0 heterocycles. The van der Waals surface area contributed by atoms with Gasteiger partial charge in [-0.2, -0.15) is 0 Å². The lowest BCUT2D eigenvalue weighted by molar-refractivity contribution is -0.113. The van der Waals surface area contributed by atoms with Crippen molar-refractivity contribution in [3.63, 3.8) is 0 Å². The van der Waals surface area contributed by atoms with E-state index in [-0.39, 0.29) is 5.91 Å². The summed E-state index contributed by atoms with van der Waals surface area (Å²) in [6, 6.07) is 15.8. The summed E-state index contributed by atoms with van der Waals surface area (Å²) in [5.74, 6) is 2.12. The van der Waals surface area contributed by atoms with Crippen LogP contribution < -0.4 is 10.1 Å². The minimum atomic E-state index is 0.0248. The van der Waals surface area contributed by atoms with E-state index in [1.165, 1.54) is 5.56 Å². The Morgan fingerprint density at radius 2 is 1.95 bits per heavy atom. The lowest BCUT2D eigenvalue weighted by Gasteiger charge is -2.07. The van der Waals surface area contributed by atoms with Gasteiger partial charge in [-0.15, -0.1) is 23.5 Å². The van der Waals surface area contributed by atoms with E-state index in [0.717, 1.165) is 22.1 Å². The zero-order valence-corrected chi connectivity index (χ0v) is 14.3. The average Bonchev–Trinajstić information content (AvgIpc) is 2.55. The first-order valence-electron chi connectivity index (χ1n) is 6.86. The standard InChI is InChI=1S/C17H19NO2S2/c1-20-15-8-6-13(7-9-15)11-22-12-17(19)18-14-4-3-5-16(10-14)21-2/h3-10H,11-12H2,1-2H3,(H,18,19). The highest BCUT2D eigenvalue weighted by Gasteiger charge is 2.04. The number of carbonyl (C=O) groups excluding carboxylic acids is 1. The van der Waals surface area contributed by atoms with Gasteiger partial charge in [-0.25, -0.2) is 0 Å². The molecule has 116 valence electrons. The largest absolute Gasteiger partial charge is 0.497 e. The number of rotatable bonds is 7. The molecule has 2 aromatic carbocycles. The number of benzene rings is 2. The smallest absolute Gasteiger partial charge is 0.234 e. The quantitative estimate of drug-likeness (QED) is 0.767. The second-order valence-electron chi connectivity index (χ2n) is 4.62. The first-order chi connectivity index (χ1) is 10.7. The van der Waals surface area contributed by atoms with Gasteiger partial charge in [0.2, 0.25) is 5.91 Å². The van der Waals surface area contributed by atoms with E-state index in [1.54, 1.807) is 30.6 Å². The van der Waals surface area contributed by atoms with Gasteiger partial charge in [0.1, 0.15) is 5.75 Å². The van der Waals surface area contributed by atoms with Crippen LogP contribution in [0.1, 0.15) is 5.56 Å². The van der Waals surface area contributed by atoms with E-state index in [2.05, 4.69) is 5.32 Å². The lowest BCUT2D eigenvalue weighted by atomic mass is 10.2. The predicted octanol–water partition coefficient (Wildman–Crippen LogP) is 4.29. The second kappa shape index (κ2) is 8.76. The monoisotopic (exact) mass is 333 g/mol. The van der Waals surface area contributed by atoms with Crippen LogP contribution in [0.25, 0.3) is 0 Å². The number of nitrogens with one attached hydrogen (secondary N) is 1. The highest BCUT2D eigenvalue weighted by Crippen LogP contribution is 2.20. The average molecular weight is 333 g/mol. The Hall–Kier alpha value is -1.59. The summed E-state index contributed by atoms with van der Waals surface area (Å²) in [6.07, 6.45) is 2.02. The molecule has 0 atom stereocenters. The van der Waals surface area contributed by atoms with Crippen molar-refractivity contribution in [2.75, 3.05) is 24.4 Å². The summed E-state index contributed by atoms with van der Waals surface area (Å²) < 4.78 is 5.12. The molecule has 1 N–H and O–H groups in total. The molecule has 0 unspecified atom stereocenters. The molecular weight excluding hydrogens is 314 g/mol. The van der Waals surface area contributed by atoms with E-state index in [9.17, 15) is 4.79 Å². The topological polar surface area (TPSA) is 38.3 Å². The molecule has 0 saturated carbocycles. The number of hydrogen-bond acceptors (Lipinski definition) is 4. The molecule has 0 aromatic heterocycles. The zero-order chi connectivity index (χ0) is 15.8. The minimum absolute atomic E-state index is 0.0248. The van der Waals surface area contributed by atoms with Crippen LogP contribution >= 0.6 is 23.5 Å². The van der Waals surface area contributed by atoms with E-state index in [1.807, 2.05) is 54.8 Å². The van der Waals surface area contributed by atoms with E-state index >= 15 is 0 Å². The van der Waals surface area contributed by atoms with Gasteiger partial charge in [0.15, 0.2) is 0 Å². The third-order valence-electron chi connectivity index (χ3n) is 3.01. The molecule has 0 aliphatic carbocycles. The van der Waals surface area contributed by atoms with Crippen molar-refractivity contribution >= 4 is 35.1 Å². The second-order valence-corrected chi connectivity index (χ2v) is 6.49. The van der Waals surface area contributed by atoms with Gasteiger partial charge in [0, 0.05) is 16.3 Å². The van der Waals surface area contributed by atoms with Crippen molar-refractivity contribution in [2.24, 2.45) is 0 Å². The van der Waals surface area contributed by atoms with Gasteiger partial charge < -0.3 is 10.1 Å². The Labute approximate surface area is 139 Å². The van der Waals surface area contributed by atoms with E-state index < -0.39 is 0 Å². The Bertz CT molecular complexity index is 614. The summed E-state index contributed by atoms with van der Waals surface area (Å²) in [7, 11) is 1.65. The van der Waals surface area contributed by atoms with Crippen molar-refractivity contribution in [1.29, 1.82) is 0 Å². The molecule has 1 amide bonds. The SMILES string of the molecule is COc1ccc(CSCC(=O)Nc2cccc(SC)c2)cc1. The Morgan fingerprint density at radius 3 is 2.64 bits per heavy atom. The summed E-state index contributed by atoms with van der Waals surface area (Å²) in [4.78, 5) is 13.1. The van der Waals surface area contributed by atoms with Gasteiger partial charge in [0.05, 0.1) is 12.9 Å². The predicted molar refractivity (Wildman–Crippen MR) is 96.0 cm³/mol. The number of methoxy groups -OCH3 is 1. The fourth-order valence-electron chi connectivity index (χ4n) is 1.88. The zero-order valence-electron chi connectivity index (χ0n) is 12.7. The number of ether oxygens (including phenoxy) is 1. The summed E-state index contributed by atoms with van der Waals surface area (Å²) in [6.45, 7) is 0. The van der Waals surface area contributed by atoms with Crippen LogP contribution in [0.3, 0.4) is 0 Å². The molecule has 0 saturated heterocycles. The van der Waals surface area contributed by atoms with Crippen LogP contribution in [0, 0.1) is 0 Å². The maximum Gasteiger partial charge on any atom is 0.234 e. The van der Waals surface area contributed by atoms with E-state index in [0.29, 0.717) is 5.75 Å². The molecule has 2 rings (SSSR count). The third-order valence-corrected chi connectivity index (χ3v) is 4.74. The Kier molecular flexibility index (Phi) is 6.68. The molecule has 0 bridgehead atoms. The molecule has 0 radical (unpaired) electrons. The summed E-state index contributed by atoms with van der Waals surface area (Å²) >= 11 is 3.26. The van der Waals surface area contributed by atoms with Crippen LogP contribution in [-0.4, -0.2) is 25.0 Å². The highest BCUT2D eigenvalue weighted by atomic mass is 32.2. The van der Waals surface area contributed by atoms with Crippen molar-refractivity contribution in [2.45, 2.75) is 10.6 Å². The van der Waals surface area contributed by atoms with Crippen molar-refractivity contribution in [3.8, 4) is 5.75 Å². The van der Waals surface area contributed by atoms with E-state index in [4.69, 9.17) is 4.74 Å². The third kappa shape index (κ3) is 5.31. The summed E-state index contributed by atoms with van der Waals surface area (Å²) in [5.41, 5.74) is 2.03. The van der Waals surface area contributed by atoms with Crippen LogP contribution in [0.4, 0.5) is 5.69 Å². The Morgan fingerprint density at radius 1 is 1.18 bits per heavy atom. The first-order valence-corrected chi connectivity index (χ1v) is 9.24. The molecule has 5 heteroatoms. The van der Waals surface area contributed by atoms with Crippen molar-refractivity contribution in [3.05, 3.63) is 54.1 Å². The number of thioether (sulfide) groups is 2. The first kappa shape index (κ1) is 16.8. The molecule has 22 heavy (non-hydrogen) atoms. The van der Waals surface area contributed by atoms with Crippen molar-refractivity contribution in [1.82, 2.24) is 0 Å². The Balaban J connectivity index is 1.77. The van der Waals surface area contributed by atoms with Crippen LogP contribution in [0.5, 0.6) is 5.75 Å². The van der Waals surface area contributed by atoms with Gasteiger partial charge in [0.25, 0.3) is 0 Å². The van der Waals surface area contributed by atoms with Crippen LogP contribution in [-0.2, 0) is 10.5 Å². The molecule has 3 nitrogen and oxygen atoms in total. The molecule has 0 spiro atoms. The molecule has 2 aromatic rings. The molecule has 0 aliphatic rings. The highest BCUT2D eigenvalue weighted by molar-refractivity contribution is 7.99. The maximum atomic E-state index is 11.9. The fraction of sp³-hybridized carbons (Fsp3) is 0.235. The number of carbonyl (C=O) groups is 1. The normalized spacial score (nSPS) is 10.3. The van der Waals surface area contributed by atoms with Gasteiger partial charge in [-0.05, 0) is 42.2 Å². The summed E-state index contributed by atoms with van der Waals surface area (Å²) in [5, 5.41) is 2.93. The van der Waals surface area contributed by atoms with Gasteiger partial charge in [-0.3, -0.25) is 4.79 Å². The molecule has 0 fully saturated rings. The van der Waals surface area contributed by atoms with Gasteiger partial charge in [-0.1, -0.05) is 18.2 Å². The minimum Gasteiger partial charge on any atom is -0.497 e. The maximum absolute atomic E-state index is 11.9. The lowest BCUT2D eigenvalue weighted by Crippen LogP contribution is -2.14. The number of hydrogen-bond donors (Lipinski definition) is 1.